The third kappa shape index (κ3) is 3.85. The summed E-state index contributed by atoms with van der Waals surface area (Å²) >= 11 is 0. The van der Waals surface area contributed by atoms with Gasteiger partial charge in [0.1, 0.15) is 17.0 Å². The molecule has 2 unspecified atom stereocenters. The minimum Gasteiger partial charge on any atom is -0.444 e. The number of imidazole rings is 1. The van der Waals surface area contributed by atoms with Crippen LogP contribution in [0.4, 0.5) is 4.79 Å². The molecule has 3 heterocycles. The number of carbonyl (C=O) groups is 1. The quantitative estimate of drug-likeness (QED) is 0.670. The van der Waals surface area contributed by atoms with E-state index in [0.29, 0.717) is 5.92 Å². The smallest absolute Gasteiger partial charge is 0.444 e. The van der Waals surface area contributed by atoms with E-state index in [1.807, 2.05) is 44.0 Å². The van der Waals surface area contributed by atoms with Crippen molar-refractivity contribution in [1.82, 2.24) is 14.9 Å². The van der Waals surface area contributed by atoms with Gasteiger partial charge in [-0.25, -0.2) is 9.78 Å². The summed E-state index contributed by atoms with van der Waals surface area (Å²) in [6.07, 6.45) is 4.56. The fourth-order valence-corrected chi connectivity index (χ4v) is 5.37. The fourth-order valence-electron chi connectivity index (χ4n) is 5.37. The van der Waals surface area contributed by atoms with Gasteiger partial charge in [0, 0.05) is 6.54 Å². The highest BCUT2D eigenvalue weighted by atomic mass is 16.7. The average Bonchev–Trinajstić information content (AvgIpc) is 3.49. The fraction of sp³-hybridized carbons (Fsp3) is 0.615. The highest BCUT2D eigenvalue weighted by Crippen LogP contribution is 2.52. The number of benzene rings is 1. The number of hydrogen-bond acceptors (Lipinski definition) is 5. The van der Waals surface area contributed by atoms with E-state index in [-0.39, 0.29) is 24.4 Å². The molecule has 2 aliphatic heterocycles. The summed E-state index contributed by atoms with van der Waals surface area (Å²) in [4.78, 5) is 23.2. The molecular weight excluding hydrogens is 429 g/mol. The lowest BCUT2D eigenvalue weighted by atomic mass is 9.79. The molecule has 34 heavy (non-hydrogen) atoms. The summed E-state index contributed by atoms with van der Waals surface area (Å²) < 4.78 is 18.1. The number of piperidine rings is 1. The van der Waals surface area contributed by atoms with Crippen molar-refractivity contribution in [3.05, 3.63) is 36.3 Å². The Morgan fingerprint density at radius 2 is 1.79 bits per heavy atom. The number of H-pyrrole nitrogens is 1. The van der Waals surface area contributed by atoms with Crippen LogP contribution in [-0.4, -0.2) is 51.4 Å². The Hall–Kier alpha value is -2.32. The van der Waals surface area contributed by atoms with Gasteiger partial charge in [0.05, 0.1) is 23.1 Å². The van der Waals surface area contributed by atoms with Crippen LogP contribution in [0.25, 0.3) is 11.3 Å². The topological polar surface area (TPSA) is 76.7 Å². The standard InChI is InChI=1S/C26H36BN3O4/c1-23(2,3)32-22(31)30-16-17-12-13-26(30,14-17)21-28-15-20(29-21)18-8-10-19(11-9-18)27-33-24(4,5)25(6,7)34-27/h8-11,15,17H,12-14,16H2,1-7H3,(H,28,29). The zero-order valence-electron chi connectivity index (χ0n) is 21.4. The number of hydrogen-bond donors (Lipinski definition) is 1. The average molecular weight is 465 g/mol. The van der Waals surface area contributed by atoms with Crippen molar-refractivity contribution < 1.29 is 18.8 Å². The number of likely N-dealkylation sites (tertiary alicyclic amines) is 1. The Morgan fingerprint density at radius 1 is 1.15 bits per heavy atom. The van der Waals surface area contributed by atoms with Crippen LogP contribution in [0.3, 0.4) is 0 Å². The number of ether oxygens (including phenoxy) is 1. The Morgan fingerprint density at radius 3 is 2.38 bits per heavy atom. The first-order chi connectivity index (χ1) is 15.8. The van der Waals surface area contributed by atoms with Crippen molar-refractivity contribution in [3.63, 3.8) is 0 Å². The number of aromatic nitrogens is 2. The predicted molar refractivity (Wildman–Crippen MR) is 132 cm³/mol. The van der Waals surface area contributed by atoms with E-state index in [4.69, 9.17) is 19.0 Å². The van der Waals surface area contributed by atoms with Crippen LogP contribution in [0.15, 0.2) is 30.5 Å². The molecule has 2 atom stereocenters. The molecule has 3 aliphatic rings. The van der Waals surface area contributed by atoms with Gasteiger partial charge in [-0.15, -0.1) is 0 Å². The first-order valence-corrected chi connectivity index (χ1v) is 12.3. The third-order valence-electron chi connectivity index (χ3n) is 7.93. The van der Waals surface area contributed by atoms with E-state index in [0.717, 1.165) is 48.4 Å². The van der Waals surface area contributed by atoms with Crippen LogP contribution >= 0.6 is 0 Å². The van der Waals surface area contributed by atoms with Gasteiger partial charge in [-0.1, -0.05) is 24.3 Å². The highest BCUT2D eigenvalue weighted by molar-refractivity contribution is 6.62. The lowest BCUT2D eigenvalue weighted by molar-refractivity contribution is 0.000491. The summed E-state index contributed by atoms with van der Waals surface area (Å²) in [6.45, 7) is 14.7. The van der Waals surface area contributed by atoms with Gasteiger partial charge in [-0.3, -0.25) is 4.90 Å². The summed E-state index contributed by atoms with van der Waals surface area (Å²) in [5.41, 5.74) is 1.30. The molecule has 2 aromatic rings. The van der Waals surface area contributed by atoms with Crippen LogP contribution in [-0.2, 0) is 19.6 Å². The molecule has 2 saturated heterocycles. The molecule has 1 amide bonds. The number of aromatic amines is 1. The number of rotatable bonds is 3. The molecule has 1 saturated carbocycles. The van der Waals surface area contributed by atoms with Crippen LogP contribution in [0.5, 0.6) is 0 Å². The molecule has 5 rings (SSSR count). The number of fused-ring (bicyclic) bond motifs is 2. The van der Waals surface area contributed by atoms with Crippen molar-refractivity contribution in [1.29, 1.82) is 0 Å². The molecule has 1 aromatic carbocycles. The monoisotopic (exact) mass is 465 g/mol. The molecule has 1 aliphatic carbocycles. The lowest BCUT2D eigenvalue weighted by Crippen LogP contribution is -2.48. The predicted octanol–water partition coefficient (Wildman–Crippen LogP) is 4.62. The van der Waals surface area contributed by atoms with Gasteiger partial charge in [-0.2, -0.15) is 0 Å². The van der Waals surface area contributed by atoms with Crippen molar-refractivity contribution in [2.75, 3.05) is 6.54 Å². The maximum absolute atomic E-state index is 13.0. The van der Waals surface area contributed by atoms with E-state index in [1.165, 1.54) is 0 Å². The first-order valence-electron chi connectivity index (χ1n) is 12.3. The highest BCUT2D eigenvalue weighted by Gasteiger charge is 2.56. The first kappa shape index (κ1) is 23.4. The maximum Gasteiger partial charge on any atom is 0.494 e. The van der Waals surface area contributed by atoms with Crippen molar-refractivity contribution in [3.8, 4) is 11.3 Å². The molecule has 1 aromatic heterocycles. The number of carbonyl (C=O) groups excluding carboxylic acids is 1. The summed E-state index contributed by atoms with van der Waals surface area (Å²) in [5, 5.41) is 0. The van der Waals surface area contributed by atoms with E-state index in [1.54, 1.807) is 0 Å². The summed E-state index contributed by atoms with van der Waals surface area (Å²) in [5.74, 6) is 1.35. The molecule has 182 valence electrons. The van der Waals surface area contributed by atoms with Crippen LogP contribution in [0, 0.1) is 5.92 Å². The van der Waals surface area contributed by atoms with Crippen LogP contribution < -0.4 is 5.46 Å². The molecule has 0 radical (unpaired) electrons. The van der Waals surface area contributed by atoms with Crippen LogP contribution in [0.1, 0.15) is 73.6 Å². The van der Waals surface area contributed by atoms with Gasteiger partial charge in [0.2, 0.25) is 0 Å². The second-order valence-corrected chi connectivity index (χ2v) is 12.1. The van der Waals surface area contributed by atoms with Crippen molar-refractivity contribution >= 4 is 18.7 Å². The molecule has 3 fully saturated rings. The Balaban J connectivity index is 1.36. The normalized spacial score (nSPS) is 27.4. The molecular formula is C26H36BN3O4. The molecule has 0 spiro atoms. The Kier molecular flexibility index (Phi) is 5.23. The number of amides is 1. The van der Waals surface area contributed by atoms with Gasteiger partial charge in [-0.05, 0) is 84.7 Å². The molecule has 7 nitrogen and oxygen atoms in total. The van der Waals surface area contributed by atoms with Gasteiger partial charge < -0.3 is 19.0 Å². The third-order valence-corrected chi connectivity index (χ3v) is 7.93. The van der Waals surface area contributed by atoms with E-state index in [9.17, 15) is 4.79 Å². The Labute approximate surface area is 202 Å². The summed E-state index contributed by atoms with van der Waals surface area (Å²) in [6, 6.07) is 8.22. The maximum atomic E-state index is 13.0. The summed E-state index contributed by atoms with van der Waals surface area (Å²) in [7, 11) is -0.383. The zero-order chi connectivity index (χ0) is 24.5. The number of nitrogens with zero attached hydrogens (tertiary/aromatic N) is 2. The second-order valence-electron chi connectivity index (χ2n) is 12.1. The van der Waals surface area contributed by atoms with E-state index < -0.39 is 11.1 Å². The Bertz CT molecular complexity index is 1070. The minimum absolute atomic E-state index is 0.251. The van der Waals surface area contributed by atoms with Crippen molar-refractivity contribution in [2.45, 2.75) is 90.1 Å². The van der Waals surface area contributed by atoms with Gasteiger partial charge in [0.25, 0.3) is 0 Å². The number of nitrogens with one attached hydrogen (secondary N) is 1. The zero-order valence-corrected chi connectivity index (χ0v) is 21.4. The van der Waals surface area contributed by atoms with Crippen molar-refractivity contribution in [2.24, 2.45) is 5.92 Å². The van der Waals surface area contributed by atoms with Gasteiger partial charge in [0.15, 0.2) is 0 Å². The van der Waals surface area contributed by atoms with Gasteiger partial charge >= 0.3 is 13.2 Å². The van der Waals surface area contributed by atoms with Crippen LogP contribution in [0.2, 0.25) is 0 Å². The second kappa shape index (κ2) is 7.59. The molecule has 2 bridgehead atoms. The van der Waals surface area contributed by atoms with E-state index in [2.05, 4.69) is 44.8 Å². The largest absolute Gasteiger partial charge is 0.494 e. The SMILES string of the molecule is CC(C)(C)OC(=O)N1CC2CCC1(c1ncc(-c3ccc(B4OC(C)(C)C(C)(C)O4)cc3)[nH]1)C2. The van der Waals surface area contributed by atoms with E-state index >= 15 is 0 Å². The molecule has 8 heteroatoms. The lowest BCUT2D eigenvalue weighted by Gasteiger charge is -2.38. The minimum atomic E-state index is -0.520. The molecule has 1 N–H and O–H groups in total.